The summed E-state index contributed by atoms with van der Waals surface area (Å²) in [6.45, 7) is 9.56. The maximum Gasteiger partial charge on any atom is 0.270 e. The third kappa shape index (κ3) is 5.52. The molecule has 0 radical (unpaired) electrons. The standard InChI is InChI=1S/C20H29N5O/c1-13-10-14(2)19(15(3)11-13)24-18-12-17(22-16(4)23-18)20(26)21-8-7-9-25(5)6/h10-12H,7-9H2,1-6H3,(H,21,26)(H,22,23,24). The van der Waals surface area contributed by atoms with Gasteiger partial charge in [0, 0.05) is 18.3 Å². The molecular weight excluding hydrogens is 326 g/mol. The van der Waals surface area contributed by atoms with E-state index < -0.39 is 0 Å². The number of carbonyl (C=O) groups is 1. The first-order valence-electron chi connectivity index (χ1n) is 8.89. The number of benzene rings is 1. The van der Waals surface area contributed by atoms with Crippen LogP contribution in [0.15, 0.2) is 18.2 Å². The fourth-order valence-electron chi connectivity index (χ4n) is 2.94. The van der Waals surface area contributed by atoms with E-state index in [1.807, 2.05) is 14.1 Å². The molecule has 0 fully saturated rings. The SMILES string of the molecule is Cc1cc(C)c(Nc2cc(C(=O)NCCCN(C)C)nc(C)n2)c(C)c1. The van der Waals surface area contributed by atoms with Crippen LogP contribution >= 0.6 is 0 Å². The minimum absolute atomic E-state index is 0.172. The first kappa shape index (κ1) is 19.8. The fourth-order valence-corrected chi connectivity index (χ4v) is 2.94. The van der Waals surface area contributed by atoms with E-state index in [-0.39, 0.29) is 5.91 Å². The zero-order chi connectivity index (χ0) is 19.3. The predicted molar refractivity (Wildman–Crippen MR) is 106 cm³/mol. The third-order valence-electron chi connectivity index (χ3n) is 4.07. The molecule has 140 valence electrons. The summed E-state index contributed by atoms with van der Waals surface area (Å²) in [5.74, 6) is 1.02. The maximum absolute atomic E-state index is 12.4. The summed E-state index contributed by atoms with van der Waals surface area (Å²) < 4.78 is 0. The van der Waals surface area contributed by atoms with Gasteiger partial charge in [-0.3, -0.25) is 4.79 Å². The number of rotatable bonds is 7. The summed E-state index contributed by atoms with van der Waals surface area (Å²) in [5.41, 5.74) is 4.92. The van der Waals surface area contributed by atoms with E-state index in [9.17, 15) is 4.79 Å². The Kier molecular flexibility index (Phi) is 6.69. The minimum Gasteiger partial charge on any atom is -0.351 e. The van der Waals surface area contributed by atoms with Gasteiger partial charge in [-0.25, -0.2) is 9.97 Å². The molecule has 6 nitrogen and oxygen atoms in total. The highest BCUT2D eigenvalue weighted by atomic mass is 16.1. The highest BCUT2D eigenvalue weighted by molar-refractivity contribution is 5.93. The summed E-state index contributed by atoms with van der Waals surface area (Å²) in [4.78, 5) is 23.2. The van der Waals surface area contributed by atoms with Crippen molar-refractivity contribution in [1.29, 1.82) is 0 Å². The molecule has 0 saturated carbocycles. The van der Waals surface area contributed by atoms with Crippen LogP contribution in [-0.2, 0) is 0 Å². The van der Waals surface area contributed by atoms with Crippen LogP contribution in [0.25, 0.3) is 0 Å². The van der Waals surface area contributed by atoms with Gasteiger partial charge in [-0.05, 0) is 65.9 Å². The zero-order valence-electron chi connectivity index (χ0n) is 16.6. The van der Waals surface area contributed by atoms with Gasteiger partial charge in [0.1, 0.15) is 17.3 Å². The van der Waals surface area contributed by atoms with Gasteiger partial charge < -0.3 is 15.5 Å². The molecule has 1 heterocycles. The highest BCUT2D eigenvalue weighted by Crippen LogP contribution is 2.25. The number of hydrogen-bond acceptors (Lipinski definition) is 5. The lowest BCUT2D eigenvalue weighted by atomic mass is 10.1. The quantitative estimate of drug-likeness (QED) is 0.747. The Balaban J connectivity index is 2.13. The minimum atomic E-state index is -0.172. The molecule has 0 aliphatic rings. The topological polar surface area (TPSA) is 70.2 Å². The second-order valence-electron chi connectivity index (χ2n) is 7.00. The first-order chi connectivity index (χ1) is 12.3. The molecule has 0 spiro atoms. The van der Waals surface area contributed by atoms with E-state index in [0.717, 1.165) is 29.8 Å². The van der Waals surface area contributed by atoms with Crippen molar-refractivity contribution in [2.45, 2.75) is 34.1 Å². The molecule has 2 N–H and O–H groups in total. The Morgan fingerprint density at radius 2 is 1.69 bits per heavy atom. The smallest absolute Gasteiger partial charge is 0.270 e. The van der Waals surface area contributed by atoms with Crippen LogP contribution in [0.2, 0.25) is 0 Å². The molecule has 0 unspecified atom stereocenters. The molecule has 1 aromatic carbocycles. The van der Waals surface area contributed by atoms with Crippen molar-refractivity contribution in [3.63, 3.8) is 0 Å². The lowest BCUT2D eigenvalue weighted by Gasteiger charge is -2.14. The normalized spacial score (nSPS) is 10.9. The fraction of sp³-hybridized carbons (Fsp3) is 0.450. The average molecular weight is 355 g/mol. The molecular formula is C20H29N5O. The van der Waals surface area contributed by atoms with Crippen LogP contribution < -0.4 is 10.6 Å². The second kappa shape index (κ2) is 8.76. The van der Waals surface area contributed by atoms with E-state index in [4.69, 9.17) is 0 Å². The summed E-state index contributed by atoms with van der Waals surface area (Å²) in [5, 5.41) is 6.27. The van der Waals surface area contributed by atoms with Gasteiger partial charge in [0.25, 0.3) is 5.91 Å². The summed E-state index contributed by atoms with van der Waals surface area (Å²) in [6, 6.07) is 5.95. The molecule has 0 aliphatic heterocycles. The van der Waals surface area contributed by atoms with Gasteiger partial charge in [0.2, 0.25) is 0 Å². The number of aromatic nitrogens is 2. The Labute approximate surface area is 156 Å². The molecule has 0 saturated heterocycles. The molecule has 6 heteroatoms. The van der Waals surface area contributed by atoms with Crippen molar-refractivity contribution in [3.8, 4) is 0 Å². The van der Waals surface area contributed by atoms with Crippen molar-refractivity contribution in [3.05, 3.63) is 46.4 Å². The number of carbonyl (C=O) groups excluding carboxylic acids is 1. The summed E-state index contributed by atoms with van der Waals surface area (Å²) >= 11 is 0. The highest BCUT2D eigenvalue weighted by Gasteiger charge is 2.12. The van der Waals surface area contributed by atoms with Crippen LogP contribution in [0.1, 0.15) is 39.4 Å². The van der Waals surface area contributed by atoms with Crippen molar-refractivity contribution in [2.75, 3.05) is 32.5 Å². The molecule has 0 atom stereocenters. The van der Waals surface area contributed by atoms with Crippen LogP contribution in [-0.4, -0.2) is 48.0 Å². The lowest BCUT2D eigenvalue weighted by molar-refractivity contribution is 0.0947. The lowest BCUT2D eigenvalue weighted by Crippen LogP contribution is -2.28. The number of anilines is 2. The van der Waals surface area contributed by atoms with Crippen LogP contribution in [0.4, 0.5) is 11.5 Å². The van der Waals surface area contributed by atoms with Crippen molar-refractivity contribution < 1.29 is 4.79 Å². The molecule has 2 aromatic rings. The van der Waals surface area contributed by atoms with E-state index in [2.05, 4.69) is 58.4 Å². The van der Waals surface area contributed by atoms with Gasteiger partial charge in [-0.15, -0.1) is 0 Å². The Bertz CT molecular complexity index is 763. The van der Waals surface area contributed by atoms with Gasteiger partial charge >= 0.3 is 0 Å². The van der Waals surface area contributed by atoms with E-state index in [0.29, 0.717) is 23.9 Å². The van der Waals surface area contributed by atoms with Crippen molar-refractivity contribution in [1.82, 2.24) is 20.2 Å². The third-order valence-corrected chi connectivity index (χ3v) is 4.07. The van der Waals surface area contributed by atoms with Gasteiger partial charge in [0.05, 0.1) is 0 Å². The monoisotopic (exact) mass is 355 g/mol. The zero-order valence-corrected chi connectivity index (χ0v) is 16.6. The summed E-state index contributed by atoms with van der Waals surface area (Å²) in [7, 11) is 4.03. The number of nitrogens with one attached hydrogen (secondary N) is 2. The molecule has 2 rings (SSSR count). The van der Waals surface area contributed by atoms with Crippen LogP contribution in [0.3, 0.4) is 0 Å². The Morgan fingerprint density at radius 3 is 2.31 bits per heavy atom. The number of nitrogens with zero attached hydrogens (tertiary/aromatic N) is 3. The van der Waals surface area contributed by atoms with Crippen molar-refractivity contribution in [2.24, 2.45) is 0 Å². The van der Waals surface area contributed by atoms with Gasteiger partial charge in [0.15, 0.2) is 0 Å². The number of amides is 1. The predicted octanol–water partition coefficient (Wildman–Crippen LogP) is 3.14. The van der Waals surface area contributed by atoms with E-state index in [1.54, 1.807) is 13.0 Å². The van der Waals surface area contributed by atoms with Crippen molar-refractivity contribution >= 4 is 17.4 Å². The molecule has 1 aromatic heterocycles. The summed E-state index contributed by atoms with van der Waals surface area (Å²) in [6.07, 6.45) is 0.898. The molecule has 0 aliphatic carbocycles. The number of hydrogen-bond donors (Lipinski definition) is 2. The molecule has 0 bridgehead atoms. The van der Waals surface area contributed by atoms with E-state index >= 15 is 0 Å². The largest absolute Gasteiger partial charge is 0.351 e. The first-order valence-corrected chi connectivity index (χ1v) is 8.89. The van der Waals surface area contributed by atoms with Gasteiger partial charge in [-0.1, -0.05) is 17.7 Å². The number of aryl methyl sites for hydroxylation is 4. The van der Waals surface area contributed by atoms with E-state index in [1.165, 1.54) is 5.56 Å². The maximum atomic E-state index is 12.4. The van der Waals surface area contributed by atoms with Crippen LogP contribution in [0, 0.1) is 27.7 Å². The second-order valence-corrected chi connectivity index (χ2v) is 7.00. The van der Waals surface area contributed by atoms with Crippen LogP contribution in [0.5, 0.6) is 0 Å². The average Bonchev–Trinajstić information content (AvgIpc) is 2.54. The molecule has 1 amide bonds. The Hall–Kier alpha value is -2.47. The molecule has 26 heavy (non-hydrogen) atoms. The van der Waals surface area contributed by atoms with Gasteiger partial charge in [-0.2, -0.15) is 0 Å². The Morgan fingerprint density at radius 1 is 1.04 bits per heavy atom.